The fourth-order valence-electron chi connectivity index (χ4n) is 1.44. The molecule has 0 bridgehead atoms. The number of aliphatic hydroxyl groups is 1. The molecular formula is C12H19NO3. The first kappa shape index (κ1) is 12.8. The van der Waals surface area contributed by atoms with Crippen molar-refractivity contribution in [2.45, 2.75) is 6.42 Å². The lowest BCUT2D eigenvalue weighted by atomic mass is 10.1. The van der Waals surface area contributed by atoms with E-state index < -0.39 is 0 Å². The summed E-state index contributed by atoms with van der Waals surface area (Å²) in [6.07, 6.45) is 0.838. The van der Waals surface area contributed by atoms with Gasteiger partial charge in [0, 0.05) is 12.6 Å². The molecule has 0 amide bonds. The Balaban J connectivity index is 2.71. The van der Waals surface area contributed by atoms with Crippen LogP contribution in [-0.2, 0) is 6.42 Å². The molecule has 4 nitrogen and oxygen atoms in total. The van der Waals surface area contributed by atoms with Crippen LogP contribution < -0.4 is 9.47 Å². The Labute approximate surface area is 96.4 Å². The predicted octanol–water partition coefficient (Wildman–Crippen LogP) is 1.13. The largest absolute Gasteiger partial charge is 0.497 e. The maximum absolute atomic E-state index is 8.90. The Bertz CT molecular complexity index is 328. The molecule has 1 aromatic rings. The van der Waals surface area contributed by atoms with Crippen molar-refractivity contribution in [3.8, 4) is 11.5 Å². The van der Waals surface area contributed by atoms with Crippen LogP contribution in [0.2, 0.25) is 0 Å². The molecule has 0 radical (unpaired) electrons. The molecular weight excluding hydrogens is 206 g/mol. The number of ether oxygens (including phenoxy) is 2. The zero-order chi connectivity index (χ0) is 12.0. The molecule has 0 aromatic heterocycles. The quantitative estimate of drug-likeness (QED) is 0.737. The number of hydrogen-bond acceptors (Lipinski definition) is 4. The van der Waals surface area contributed by atoms with Gasteiger partial charge in [0.25, 0.3) is 0 Å². The Hall–Kier alpha value is -1.26. The van der Waals surface area contributed by atoms with E-state index in [4.69, 9.17) is 14.6 Å². The molecule has 0 unspecified atom stereocenters. The third-order valence-corrected chi connectivity index (χ3v) is 2.50. The van der Waals surface area contributed by atoms with Gasteiger partial charge in [-0.15, -0.1) is 0 Å². The van der Waals surface area contributed by atoms with E-state index in [1.807, 2.05) is 30.1 Å². The summed E-state index contributed by atoms with van der Waals surface area (Å²) in [6.45, 7) is 0.859. The minimum atomic E-state index is 0.0679. The van der Waals surface area contributed by atoms with Crippen molar-refractivity contribution in [2.75, 3.05) is 34.5 Å². The summed E-state index contributed by atoms with van der Waals surface area (Å²) in [5.74, 6) is 1.61. The van der Waals surface area contributed by atoms with Crippen molar-refractivity contribution < 1.29 is 14.6 Å². The second kappa shape index (κ2) is 6.35. The van der Waals surface area contributed by atoms with Crippen LogP contribution in [0.4, 0.5) is 0 Å². The van der Waals surface area contributed by atoms with Gasteiger partial charge >= 0.3 is 0 Å². The Morgan fingerprint density at radius 1 is 1.25 bits per heavy atom. The van der Waals surface area contributed by atoms with Gasteiger partial charge in [-0.25, -0.2) is 0 Å². The lowest BCUT2D eigenvalue weighted by Gasteiger charge is -2.15. The van der Waals surface area contributed by atoms with Crippen molar-refractivity contribution >= 4 is 0 Å². The molecule has 0 fully saturated rings. The molecule has 1 rings (SSSR count). The van der Waals surface area contributed by atoms with E-state index in [0.29, 0.717) is 0 Å². The summed E-state index contributed by atoms with van der Waals surface area (Å²) in [5, 5.41) is 8.90. The highest BCUT2D eigenvalue weighted by molar-refractivity contribution is 5.40. The minimum Gasteiger partial charge on any atom is -0.497 e. The average molecular weight is 225 g/mol. The van der Waals surface area contributed by atoms with Crippen molar-refractivity contribution in [1.29, 1.82) is 0 Å². The lowest BCUT2D eigenvalue weighted by molar-refractivity contribution is 0.134. The van der Waals surface area contributed by atoms with Crippen molar-refractivity contribution in [3.05, 3.63) is 23.8 Å². The summed E-state index contributed by atoms with van der Waals surface area (Å²) in [7, 11) is 5.15. The maximum atomic E-state index is 8.90. The van der Waals surface area contributed by atoms with Crippen molar-refractivity contribution in [3.63, 3.8) is 0 Å². The highest BCUT2D eigenvalue weighted by atomic mass is 16.5. The predicted molar refractivity (Wildman–Crippen MR) is 63.0 cm³/mol. The number of aliphatic hydroxyl groups excluding tert-OH is 1. The van der Waals surface area contributed by atoms with Crippen LogP contribution in [0.1, 0.15) is 5.56 Å². The molecule has 0 aliphatic carbocycles. The number of nitrogens with zero attached hydrogens (tertiary/aromatic N) is 1. The van der Waals surface area contributed by atoms with Crippen molar-refractivity contribution in [1.82, 2.24) is 4.90 Å². The molecule has 0 aliphatic rings. The first-order valence-electron chi connectivity index (χ1n) is 5.21. The summed E-state index contributed by atoms with van der Waals surface area (Å²) in [6, 6.07) is 5.77. The van der Waals surface area contributed by atoms with Gasteiger partial charge in [0.1, 0.15) is 11.5 Å². The molecule has 0 heterocycles. The molecule has 0 saturated heterocycles. The Kier molecular flexibility index (Phi) is 5.08. The third-order valence-electron chi connectivity index (χ3n) is 2.50. The fraction of sp³-hybridized carbons (Fsp3) is 0.500. The van der Waals surface area contributed by atoms with Crippen LogP contribution in [-0.4, -0.2) is 44.5 Å². The first-order valence-corrected chi connectivity index (χ1v) is 5.21. The number of benzene rings is 1. The van der Waals surface area contributed by atoms with Gasteiger partial charge in [0.15, 0.2) is 0 Å². The molecule has 1 aromatic carbocycles. The van der Waals surface area contributed by atoms with E-state index >= 15 is 0 Å². The van der Waals surface area contributed by atoms with Gasteiger partial charge in [-0.2, -0.15) is 0 Å². The van der Waals surface area contributed by atoms with Crippen LogP contribution >= 0.6 is 0 Å². The van der Waals surface area contributed by atoms with Gasteiger partial charge < -0.3 is 14.6 Å². The van der Waals surface area contributed by atoms with E-state index in [1.165, 1.54) is 0 Å². The van der Waals surface area contributed by atoms with Gasteiger partial charge in [-0.05, 0) is 25.1 Å². The highest BCUT2D eigenvalue weighted by Crippen LogP contribution is 2.24. The summed E-state index contributed by atoms with van der Waals surface area (Å²) >= 11 is 0. The van der Waals surface area contributed by atoms with Crippen LogP contribution in [0.5, 0.6) is 11.5 Å². The zero-order valence-corrected chi connectivity index (χ0v) is 10.1. The monoisotopic (exact) mass is 225 g/mol. The van der Waals surface area contributed by atoms with Crippen LogP contribution in [0.15, 0.2) is 18.2 Å². The SMILES string of the molecule is COc1ccc(CCN(C)CO)c(OC)c1. The second-order valence-electron chi connectivity index (χ2n) is 3.65. The smallest absolute Gasteiger partial charge is 0.125 e. The van der Waals surface area contributed by atoms with E-state index in [9.17, 15) is 0 Å². The van der Waals surface area contributed by atoms with Gasteiger partial charge in [0.05, 0.1) is 21.0 Å². The Morgan fingerprint density at radius 2 is 2.00 bits per heavy atom. The minimum absolute atomic E-state index is 0.0679. The first-order chi connectivity index (χ1) is 7.71. The molecule has 90 valence electrons. The summed E-state index contributed by atoms with van der Waals surface area (Å²) < 4.78 is 10.4. The third kappa shape index (κ3) is 3.40. The lowest BCUT2D eigenvalue weighted by Crippen LogP contribution is -2.22. The number of hydrogen-bond donors (Lipinski definition) is 1. The normalized spacial score (nSPS) is 10.6. The molecule has 1 N–H and O–H groups in total. The van der Waals surface area contributed by atoms with E-state index in [-0.39, 0.29) is 6.73 Å². The average Bonchev–Trinajstić information content (AvgIpc) is 2.35. The molecule has 4 heteroatoms. The van der Waals surface area contributed by atoms with Crippen LogP contribution in [0.25, 0.3) is 0 Å². The second-order valence-corrected chi connectivity index (χ2v) is 3.65. The van der Waals surface area contributed by atoms with Crippen LogP contribution in [0.3, 0.4) is 0 Å². The van der Waals surface area contributed by atoms with Gasteiger partial charge in [0.2, 0.25) is 0 Å². The Morgan fingerprint density at radius 3 is 2.56 bits per heavy atom. The number of likely N-dealkylation sites (N-methyl/N-ethyl adjacent to an activating group) is 1. The number of methoxy groups -OCH3 is 2. The van der Waals surface area contributed by atoms with E-state index in [1.54, 1.807) is 14.2 Å². The topological polar surface area (TPSA) is 41.9 Å². The van der Waals surface area contributed by atoms with Crippen molar-refractivity contribution in [2.24, 2.45) is 0 Å². The fourth-order valence-corrected chi connectivity index (χ4v) is 1.44. The molecule has 0 aliphatic heterocycles. The highest BCUT2D eigenvalue weighted by Gasteiger charge is 2.05. The summed E-state index contributed by atoms with van der Waals surface area (Å²) in [4.78, 5) is 1.84. The van der Waals surface area contributed by atoms with Crippen LogP contribution in [0, 0.1) is 0 Å². The molecule has 0 atom stereocenters. The standard InChI is InChI=1S/C12H19NO3/c1-13(9-14)7-6-10-4-5-11(15-2)8-12(10)16-3/h4-5,8,14H,6-7,9H2,1-3H3. The molecule has 0 spiro atoms. The summed E-state index contributed by atoms with van der Waals surface area (Å²) in [5.41, 5.74) is 1.11. The number of rotatable bonds is 6. The van der Waals surface area contributed by atoms with Gasteiger partial charge in [-0.3, -0.25) is 4.90 Å². The molecule has 0 saturated carbocycles. The zero-order valence-electron chi connectivity index (χ0n) is 10.1. The van der Waals surface area contributed by atoms with E-state index in [2.05, 4.69) is 0 Å². The van der Waals surface area contributed by atoms with E-state index in [0.717, 1.165) is 30.0 Å². The molecule has 16 heavy (non-hydrogen) atoms. The maximum Gasteiger partial charge on any atom is 0.125 e. The van der Waals surface area contributed by atoms with Gasteiger partial charge in [-0.1, -0.05) is 6.07 Å².